The molecule has 0 heterocycles. The second-order valence-electron chi connectivity index (χ2n) is 3.18. The highest BCUT2D eigenvalue weighted by atomic mass is 19.4. The topological polar surface area (TPSA) is 37.3 Å². The van der Waals surface area contributed by atoms with Gasteiger partial charge in [-0.2, -0.15) is 13.2 Å². The fourth-order valence-electron chi connectivity index (χ4n) is 1.01. The van der Waals surface area contributed by atoms with Crippen LogP contribution in [0, 0.1) is 0 Å². The van der Waals surface area contributed by atoms with Crippen LogP contribution in [-0.2, 0) is 4.79 Å². The lowest BCUT2D eigenvalue weighted by Gasteiger charge is -1.99. The molecule has 0 aliphatic carbocycles. The zero-order valence-electron chi connectivity index (χ0n) is 8.61. The van der Waals surface area contributed by atoms with Crippen LogP contribution >= 0.6 is 0 Å². The molecule has 0 fully saturated rings. The van der Waals surface area contributed by atoms with Gasteiger partial charge in [-0.25, -0.2) is 0 Å². The van der Waals surface area contributed by atoms with E-state index in [1.165, 1.54) is 6.08 Å². The van der Waals surface area contributed by atoms with E-state index < -0.39 is 17.7 Å². The predicted octanol–water partition coefficient (Wildman–Crippen LogP) is 3.27. The number of aliphatic hydroxyl groups is 1. The molecule has 1 aromatic rings. The summed E-state index contributed by atoms with van der Waals surface area (Å²) in [6, 6.07) is 8.66. The molecule has 1 aromatic carbocycles. The number of carbonyl (C=O) groups excluding carboxylic acids is 1. The number of halogens is 3. The lowest BCUT2D eigenvalue weighted by molar-refractivity contribution is -0.165. The van der Waals surface area contributed by atoms with Crippen LogP contribution in [0.1, 0.15) is 5.56 Å². The van der Waals surface area contributed by atoms with E-state index in [1.54, 1.807) is 30.3 Å². The van der Waals surface area contributed by atoms with Gasteiger partial charge in [-0.05, 0) is 11.6 Å². The van der Waals surface area contributed by atoms with Gasteiger partial charge in [0.15, 0.2) is 0 Å². The third kappa shape index (κ3) is 4.55. The fourth-order valence-corrected chi connectivity index (χ4v) is 1.01. The number of aliphatic hydroxyl groups excluding tert-OH is 1. The number of rotatable bonds is 3. The number of hydrogen-bond acceptors (Lipinski definition) is 2. The van der Waals surface area contributed by atoms with Gasteiger partial charge in [0.25, 0.3) is 5.78 Å². The maximum absolute atomic E-state index is 11.8. The van der Waals surface area contributed by atoms with Gasteiger partial charge in [0.2, 0.25) is 0 Å². The number of carbonyl (C=O) groups is 1. The molecule has 5 heteroatoms. The first-order chi connectivity index (χ1) is 7.89. The van der Waals surface area contributed by atoms with E-state index in [2.05, 4.69) is 0 Å². The SMILES string of the molecule is O=C(C=C(O)C=Cc1ccccc1)C(F)(F)F. The monoisotopic (exact) mass is 242 g/mol. The van der Waals surface area contributed by atoms with Crippen molar-refractivity contribution in [2.45, 2.75) is 6.18 Å². The van der Waals surface area contributed by atoms with E-state index >= 15 is 0 Å². The van der Waals surface area contributed by atoms with E-state index in [9.17, 15) is 18.0 Å². The molecule has 0 aliphatic rings. The van der Waals surface area contributed by atoms with Crippen molar-refractivity contribution >= 4 is 11.9 Å². The number of hydrogen-bond donors (Lipinski definition) is 1. The van der Waals surface area contributed by atoms with Crippen LogP contribution < -0.4 is 0 Å². The Morgan fingerprint density at radius 2 is 1.76 bits per heavy atom. The second kappa shape index (κ2) is 5.34. The summed E-state index contributed by atoms with van der Waals surface area (Å²) in [7, 11) is 0. The van der Waals surface area contributed by atoms with Gasteiger partial charge in [0.1, 0.15) is 5.76 Å². The number of benzene rings is 1. The summed E-state index contributed by atoms with van der Waals surface area (Å²) in [5.74, 6) is -2.83. The maximum atomic E-state index is 11.8. The van der Waals surface area contributed by atoms with Gasteiger partial charge in [-0.3, -0.25) is 4.79 Å². The first-order valence-corrected chi connectivity index (χ1v) is 4.64. The zero-order chi connectivity index (χ0) is 12.9. The highest BCUT2D eigenvalue weighted by Crippen LogP contribution is 2.17. The minimum atomic E-state index is -4.96. The first-order valence-electron chi connectivity index (χ1n) is 4.64. The van der Waals surface area contributed by atoms with Crippen LogP contribution in [0.2, 0.25) is 0 Å². The molecule has 0 bridgehead atoms. The van der Waals surface area contributed by atoms with Crippen LogP contribution in [-0.4, -0.2) is 17.1 Å². The number of allylic oxidation sites excluding steroid dienone is 2. The standard InChI is InChI=1S/C12H9F3O2/c13-12(14,15)11(17)8-10(16)7-6-9-4-2-1-3-5-9/h1-8,16H. The van der Waals surface area contributed by atoms with E-state index in [-0.39, 0.29) is 6.08 Å². The first kappa shape index (κ1) is 13.0. The number of ketones is 1. The van der Waals surface area contributed by atoms with Gasteiger partial charge in [-0.1, -0.05) is 36.4 Å². The average molecular weight is 242 g/mol. The molecule has 1 rings (SSSR count). The molecule has 0 radical (unpaired) electrons. The van der Waals surface area contributed by atoms with E-state index in [1.807, 2.05) is 0 Å². The normalized spacial score (nSPS) is 13.0. The van der Waals surface area contributed by atoms with E-state index in [0.29, 0.717) is 5.56 Å². The molecule has 0 unspecified atom stereocenters. The average Bonchev–Trinajstić information content (AvgIpc) is 2.26. The van der Waals surface area contributed by atoms with Crippen molar-refractivity contribution in [3.8, 4) is 0 Å². The quantitative estimate of drug-likeness (QED) is 0.501. The van der Waals surface area contributed by atoms with Crippen LogP contribution in [0.5, 0.6) is 0 Å². The zero-order valence-corrected chi connectivity index (χ0v) is 8.61. The van der Waals surface area contributed by atoms with Crippen molar-refractivity contribution < 1.29 is 23.1 Å². The van der Waals surface area contributed by atoms with Crippen molar-refractivity contribution in [1.29, 1.82) is 0 Å². The fraction of sp³-hybridized carbons (Fsp3) is 0.0833. The summed E-state index contributed by atoms with van der Waals surface area (Å²) >= 11 is 0. The van der Waals surface area contributed by atoms with Crippen molar-refractivity contribution in [1.82, 2.24) is 0 Å². The van der Waals surface area contributed by atoms with Crippen LogP contribution in [0.25, 0.3) is 6.08 Å². The van der Waals surface area contributed by atoms with E-state index in [0.717, 1.165) is 6.08 Å². The molecule has 0 aliphatic heterocycles. The molecule has 0 atom stereocenters. The molecule has 0 amide bonds. The van der Waals surface area contributed by atoms with Gasteiger partial charge < -0.3 is 5.11 Å². The van der Waals surface area contributed by atoms with Crippen LogP contribution in [0.15, 0.2) is 48.2 Å². The third-order valence-electron chi connectivity index (χ3n) is 1.80. The largest absolute Gasteiger partial charge is 0.508 e. The Morgan fingerprint density at radius 1 is 1.18 bits per heavy atom. The summed E-state index contributed by atoms with van der Waals surface area (Å²) in [6.45, 7) is 0. The molecule has 90 valence electrons. The Morgan fingerprint density at radius 3 is 2.29 bits per heavy atom. The highest BCUT2D eigenvalue weighted by molar-refractivity contribution is 5.95. The Balaban J connectivity index is 2.73. The molecule has 0 spiro atoms. The smallest absolute Gasteiger partial charge is 0.454 e. The lowest BCUT2D eigenvalue weighted by atomic mass is 10.2. The lowest BCUT2D eigenvalue weighted by Crippen LogP contribution is -2.20. The molecule has 0 saturated carbocycles. The highest BCUT2D eigenvalue weighted by Gasteiger charge is 2.36. The van der Waals surface area contributed by atoms with Gasteiger partial charge >= 0.3 is 6.18 Å². The molecule has 1 N–H and O–H groups in total. The van der Waals surface area contributed by atoms with Crippen molar-refractivity contribution in [3.63, 3.8) is 0 Å². The van der Waals surface area contributed by atoms with Crippen molar-refractivity contribution in [3.05, 3.63) is 53.8 Å². The Hall–Kier alpha value is -2.04. The molecular formula is C12H9F3O2. The van der Waals surface area contributed by atoms with E-state index in [4.69, 9.17) is 5.11 Å². The Bertz CT molecular complexity index is 445. The van der Waals surface area contributed by atoms with Crippen molar-refractivity contribution in [2.24, 2.45) is 0 Å². The summed E-state index contributed by atoms with van der Waals surface area (Å²) in [5, 5.41) is 9.10. The van der Waals surface area contributed by atoms with Crippen molar-refractivity contribution in [2.75, 3.05) is 0 Å². The number of alkyl halides is 3. The molecule has 2 nitrogen and oxygen atoms in total. The summed E-state index contributed by atoms with van der Waals surface area (Å²) in [4.78, 5) is 10.5. The Kier molecular flexibility index (Phi) is 4.09. The predicted molar refractivity (Wildman–Crippen MR) is 57.2 cm³/mol. The summed E-state index contributed by atoms with van der Waals surface area (Å²) in [5.41, 5.74) is 0.701. The minimum absolute atomic E-state index is 0.138. The molecule has 0 aromatic heterocycles. The molecular weight excluding hydrogens is 233 g/mol. The van der Waals surface area contributed by atoms with Gasteiger partial charge in [-0.15, -0.1) is 0 Å². The third-order valence-corrected chi connectivity index (χ3v) is 1.80. The van der Waals surface area contributed by atoms with Gasteiger partial charge in [0.05, 0.1) is 0 Å². The van der Waals surface area contributed by atoms with Crippen LogP contribution in [0.3, 0.4) is 0 Å². The molecule has 17 heavy (non-hydrogen) atoms. The summed E-state index contributed by atoms with van der Waals surface area (Å²) < 4.78 is 35.5. The molecule has 0 saturated heterocycles. The minimum Gasteiger partial charge on any atom is -0.508 e. The van der Waals surface area contributed by atoms with Crippen LogP contribution in [0.4, 0.5) is 13.2 Å². The second-order valence-corrected chi connectivity index (χ2v) is 3.18. The van der Waals surface area contributed by atoms with Gasteiger partial charge in [0, 0.05) is 6.08 Å². The Labute approximate surface area is 95.7 Å². The maximum Gasteiger partial charge on any atom is 0.454 e. The summed E-state index contributed by atoms with van der Waals surface area (Å²) in [6.07, 6.45) is -2.40.